The molecule has 0 fully saturated rings. The molecule has 1 heterocycles. The highest BCUT2D eigenvalue weighted by molar-refractivity contribution is 5.19. The van der Waals surface area contributed by atoms with E-state index in [1.807, 2.05) is 37.3 Å². The molecule has 20 heavy (non-hydrogen) atoms. The number of aryl methyl sites for hydroxylation is 1. The Labute approximate surface area is 120 Å². The number of nitrogens with one attached hydrogen (secondary N) is 1. The molecule has 0 aliphatic rings. The zero-order valence-electron chi connectivity index (χ0n) is 12.4. The van der Waals surface area contributed by atoms with E-state index in [-0.39, 0.29) is 6.04 Å². The second kappa shape index (κ2) is 6.25. The van der Waals surface area contributed by atoms with Gasteiger partial charge in [-0.3, -0.25) is 0 Å². The van der Waals surface area contributed by atoms with E-state index in [0.29, 0.717) is 12.3 Å². The molecule has 3 nitrogen and oxygen atoms in total. The Balaban J connectivity index is 2.03. The Morgan fingerprint density at radius 2 is 1.90 bits per heavy atom. The van der Waals surface area contributed by atoms with Gasteiger partial charge in [-0.1, -0.05) is 37.3 Å². The van der Waals surface area contributed by atoms with Crippen molar-refractivity contribution < 1.29 is 9.52 Å². The molecule has 2 rings (SSSR count). The molecule has 0 aliphatic heterocycles. The van der Waals surface area contributed by atoms with Crippen molar-refractivity contribution in [3.63, 3.8) is 0 Å². The maximum atomic E-state index is 10.5. The van der Waals surface area contributed by atoms with Crippen molar-refractivity contribution in [2.75, 3.05) is 6.54 Å². The fraction of sp³-hybridized carbons (Fsp3) is 0.412. The number of aliphatic hydroxyl groups is 1. The smallest absolute Gasteiger partial charge is 0.136 e. The number of benzene rings is 1. The minimum Gasteiger partial charge on any atom is -0.463 e. The summed E-state index contributed by atoms with van der Waals surface area (Å²) in [7, 11) is 0. The third-order valence-electron chi connectivity index (χ3n) is 3.57. The van der Waals surface area contributed by atoms with Crippen molar-refractivity contribution >= 4 is 0 Å². The lowest BCUT2D eigenvalue weighted by Gasteiger charge is -2.25. The third kappa shape index (κ3) is 3.50. The van der Waals surface area contributed by atoms with E-state index in [2.05, 4.69) is 24.4 Å². The molecule has 1 aromatic carbocycles. The standard InChI is InChI=1S/C17H23NO2/c1-4-15(14-8-6-5-7-9-14)18-12-17(3,19)16-11-10-13(2)20-16/h5-11,15,18-19H,4,12H2,1-3H3. The highest BCUT2D eigenvalue weighted by atomic mass is 16.4. The fourth-order valence-corrected chi connectivity index (χ4v) is 2.32. The van der Waals surface area contributed by atoms with E-state index in [0.717, 1.165) is 12.2 Å². The number of hydrogen-bond acceptors (Lipinski definition) is 3. The van der Waals surface area contributed by atoms with Crippen LogP contribution in [0.1, 0.15) is 43.4 Å². The molecule has 2 atom stereocenters. The Morgan fingerprint density at radius 1 is 1.20 bits per heavy atom. The predicted molar refractivity (Wildman–Crippen MR) is 80.5 cm³/mol. The Kier molecular flexibility index (Phi) is 4.63. The Morgan fingerprint density at radius 3 is 2.45 bits per heavy atom. The van der Waals surface area contributed by atoms with Crippen LogP contribution in [0.4, 0.5) is 0 Å². The van der Waals surface area contributed by atoms with E-state index in [1.165, 1.54) is 5.56 Å². The summed E-state index contributed by atoms with van der Waals surface area (Å²) in [6.45, 7) is 6.24. The average Bonchev–Trinajstić information content (AvgIpc) is 2.88. The number of furan rings is 1. The van der Waals surface area contributed by atoms with E-state index in [1.54, 1.807) is 6.92 Å². The van der Waals surface area contributed by atoms with Crippen molar-refractivity contribution in [2.24, 2.45) is 0 Å². The van der Waals surface area contributed by atoms with E-state index >= 15 is 0 Å². The summed E-state index contributed by atoms with van der Waals surface area (Å²) in [4.78, 5) is 0. The van der Waals surface area contributed by atoms with E-state index < -0.39 is 5.60 Å². The molecule has 0 radical (unpaired) electrons. The monoisotopic (exact) mass is 273 g/mol. The SMILES string of the molecule is CCC(NCC(C)(O)c1ccc(C)o1)c1ccccc1. The van der Waals surface area contributed by atoms with Gasteiger partial charge in [0.2, 0.25) is 0 Å². The number of hydrogen-bond donors (Lipinski definition) is 2. The highest BCUT2D eigenvalue weighted by Gasteiger charge is 2.27. The minimum absolute atomic E-state index is 0.235. The number of rotatable bonds is 6. The topological polar surface area (TPSA) is 45.4 Å². The van der Waals surface area contributed by atoms with Gasteiger partial charge in [-0.15, -0.1) is 0 Å². The molecule has 0 bridgehead atoms. The molecule has 0 spiro atoms. The van der Waals surface area contributed by atoms with Gasteiger partial charge in [0.05, 0.1) is 0 Å². The molecule has 2 aromatic rings. The first kappa shape index (κ1) is 14.8. The first-order valence-corrected chi connectivity index (χ1v) is 7.10. The zero-order chi connectivity index (χ0) is 14.6. The second-order valence-corrected chi connectivity index (χ2v) is 5.44. The van der Waals surface area contributed by atoms with Crippen LogP contribution in [0.2, 0.25) is 0 Å². The van der Waals surface area contributed by atoms with Gasteiger partial charge in [-0.05, 0) is 38.0 Å². The molecule has 1 aromatic heterocycles. The Hall–Kier alpha value is -1.58. The van der Waals surface area contributed by atoms with E-state index in [9.17, 15) is 5.11 Å². The fourth-order valence-electron chi connectivity index (χ4n) is 2.32. The van der Waals surface area contributed by atoms with Gasteiger partial charge in [-0.25, -0.2) is 0 Å². The molecular weight excluding hydrogens is 250 g/mol. The summed E-state index contributed by atoms with van der Waals surface area (Å²) in [5.74, 6) is 1.42. The van der Waals surface area contributed by atoms with Gasteiger partial charge in [0.1, 0.15) is 17.1 Å². The summed E-state index contributed by atoms with van der Waals surface area (Å²) >= 11 is 0. The second-order valence-electron chi connectivity index (χ2n) is 5.44. The summed E-state index contributed by atoms with van der Waals surface area (Å²) < 4.78 is 5.53. The first-order chi connectivity index (χ1) is 9.53. The molecule has 2 unspecified atom stereocenters. The van der Waals surface area contributed by atoms with Crippen LogP contribution in [0.25, 0.3) is 0 Å². The zero-order valence-corrected chi connectivity index (χ0v) is 12.4. The van der Waals surface area contributed by atoms with Crippen molar-refractivity contribution in [2.45, 2.75) is 38.8 Å². The highest BCUT2D eigenvalue weighted by Crippen LogP contribution is 2.24. The Bertz CT molecular complexity index is 531. The lowest BCUT2D eigenvalue weighted by molar-refractivity contribution is 0.0306. The van der Waals surface area contributed by atoms with Gasteiger partial charge in [0.15, 0.2) is 0 Å². The average molecular weight is 273 g/mol. The van der Waals surface area contributed by atoms with Crippen molar-refractivity contribution in [3.05, 3.63) is 59.5 Å². The molecule has 3 heteroatoms. The predicted octanol–water partition coefficient (Wildman–Crippen LogP) is 3.54. The minimum atomic E-state index is -1.00. The lowest BCUT2D eigenvalue weighted by atomic mass is 10.0. The van der Waals surface area contributed by atoms with Gasteiger partial charge in [-0.2, -0.15) is 0 Å². The molecule has 0 amide bonds. The van der Waals surface area contributed by atoms with Crippen molar-refractivity contribution in [3.8, 4) is 0 Å². The molecule has 2 N–H and O–H groups in total. The maximum Gasteiger partial charge on any atom is 0.136 e. The van der Waals surface area contributed by atoms with Gasteiger partial charge >= 0.3 is 0 Å². The van der Waals surface area contributed by atoms with Crippen LogP contribution in [0.5, 0.6) is 0 Å². The van der Waals surface area contributed by atoms with Crippen LogP contribution >= 0.6 is 0 Å². The van der Waals surface area contributed by atoms with Crippen LogP contribution in [-0.4, -0.2) is 11.7 Å². The molecule has 0 aliphatic carbocycles. The first-order valence-electron chi connectivity index (χ1n) is 7.10. The summed E-state index contributed by atoms with van der Waals surface area (Å²) in [6, 6.07) is 14.2. The van der Waals surface area contributed by atoms with Gasteiger partial charge in [0.25, 0.3) is 0 Å². The summed E-state index contributed by atoms with van der Waals surface area (Å²) in [6.07, 6.45) is 0.970. The quantitative estimate of drug-likeness (QED) is 0.846. The molecule has 108 valence electrons. The van der Waals surface area contributed by atoms with Crippen LogP contribution in [0, 0.1) is 6.92 Å². The van der Waals surface area contributed by atoms with E-state index in [4.69, 9.17) is 4.42 Å². The maximum absolute atomic E-state index is 10.5. The van der Waals surface area contributed by atoms with Crippen LogP contribution in [0.15, 0.2) is 46.9 Å². The molecular formula is C17H23NO2. The summed E-state index contributed by atoms with van der Waals surface area (Å²) in [5, 5.41) is 14.0. The van der Waals surface area contributed by atoms with Crippen LogP contribution < -0.4 is 5.32 Å². The molecule has 0 saturated heterocycles. The van der Waals surface area contributed by atoms with Gasteiger partial charge < -0.3 is 14.8 Å². The largest absolute Gasteiger partial charge is 0.463 e. The van der Waals surface area contributed by atoms with Crippen LogP contribution in [0.3, 0.4) is 0 Å². The van der Waals surface area contributed by atoms with Crippen molar-refractivity contribution in [1.82, 2.24) is 5.32 Å². The van der Waals surface area contributed by atoms with Crippen molar-refractivity contribution in [1.29, 1.82) is 0 Å². The third-order valence-corrected chi connectivity index (χ3v) is 3.57. The van der Waals surface area contributed by atoms with Crippen LogP contribution in [-0.2, 0) is 5.60 Å². The molecule has 0 saturated carbocycles. The normalized spacial score (nSPS) is 15.8. The van der Waals surface area contributed by atoms with Gasteiger partial charge in [0, 0.05) is 12.6 Å². The summed E-state index contributed by atoms with van der Waals surface area (Å²) in [5.41, 5.74) is 0.234. The lowest BCUT2D eigenvalue weighted by Crippen LogP contribution is -2.37.